The van der Waals surface area contributed by atoms with Crippen molar-refractivity contribution in [1.29, 1.82) is 0 Å². The van der Waals surface area contributed by atoms with Crippen molar-refractivity contribution in [3.63, 3.8) is 0 Å². The summed E-state index contributed by atoms with van der Waals surface area (Å²) < 4.78 is 0. The fourth-order valence-corrected chi connectivity index (χ4v) is 2.29. The summed E-state index contributed by atoms with van der Waals surface area (Å²) in [7, 11) is 0. The van der Waals surface area contributed by atoms with E-state index in [4.69, 9.17) is 0 Å². The minimum Gasteiger partial charge on any atom is -0.366 e. The van der Waals surface area contributed by atoms with Crippen LogP contribution in [-0.4, -0.2) is 29.0 Å². The normalized spacial score (nSPS) is 18.6. The first kappa shape index (κ1) is 11.9. The smallest absolute Gasteiger partial charge is 0.270 e. The highest BCUT2D eigenvalue weighted by Gasteiger charge is 2.14. The second-order valence-corrected chi connectivity index (χ2v) is 4.66. The van der Waals surface area contributed by atoms with Crippen molar-refractivity contribution < 1.29 is 4.92 Å². The van der Waals surface area contributed by atoms with Crippen LogP contribution in [-0.2, 0) is 0 Å². The maximum absolute atomic E-state index is 10.7. The molecule has 1 aliphatic rings. The number of nitro groups is 1. The minimum absolute atomic E-state index is 0.0926. The molecule has 1 saturated heterocycles. The van der Waals surface area contributed by atoms with Gasteiger partial charge in [0.2, 0.25) is 0 Å². The Labute approximate surface area is 110 Å². The predicted octanol–water partition coefficient (Wildman–Crippen LogP) is 1.92. The molecule has 98 valence electrons. The minimum atomic E-state index is -0.393. The molecule has 0 aliphatic carbocycles. The molecule has 2 N–H and O–H groups in total. The number of non-ortho nitro benzene ring substituents is 1. The molecule has 2 heterocycles. The van der Waals surface area contributed by atoms with Crippen LogP contribution in [0.15, 0.2) is 30.3 Å². The molecule has 1 fully saturated rings. The molecule has 2 aromatic rings. The van der Waals surface area contributed by atoms with E-state index in [0.29, 0.717) is 6.04 Å². The highest BCUT2D eigenvalue weighted by atomic mass is 16.6. The first-order chi connectivity index (χ1) is 9.22. The third kappa shape index (κ3) is 2.48. The lowest BCUT2D eigenvalue weighted by atomic mass is 10.2. The number of pyridine rings is 1. The van der Waals surface area contributed by atoms with Crippen LogP contribution in [0.5, 0.6) is 0 Å². The number of aromatic nitrogens is 1. The number of rotatable bonds is 3. The van der Waals surface area contributed by atoms with E-state index in [9.17, 15) is 10.1 Å². The Kier molecular flexibility index (Phi) is 3.00. The standard InChI is InChI=1S/C13H14N4O2/c18-17(19)11-2-3-12-9(7-11)1-4-13(16-12)15-10-5-6-14-8-10/h1-4,7,10,14H,5-6,8H2,(H,15,16). The Morgan fingerprint density at radius 3 is 3.00 bits per heavy atom. The summed E-state index contributed by atoms with van der Waals surface area (Å²) >= 11 is 0. The zero-order valence-electron chi connectivity index (χ0n) is 10.3. The zero-order chi connectivity index (χ0) is 13.2. The molecule has 1 unspecified atom stereocenters. The first-order valence-corrected chi connectivity index (χ1v) is 6.25. The van der Waals surface area contributed by atoms with Gasteiger partial charge in [-0.25, -0.2) is 4.98 Å². The Bertz CT molecular complexity index is 623. The largest absolute Gasteiger partial charge is 0.366 e. The Hall–Kier alpha value is -2.21. The second kappa shape index (κ2) is 4.81. The van der Waals surface area contributed by atoms with Gasteiger partial charge in [0.05, 0.1) is 10.4 Å². The molecule has 3 rings (SSSR count). The van der Waals surface area contributed by atoms with Crippen LogP contribution in [0.4, 0.5) is 11.5 Å². The van der Waals surface area contributed by atoms with E-state index >= 15 is 0 Å². The quantitative estimate of drug-likeness (QED) is 0.649. The number of fused-ring (bicyclic) bond motifs is 1. The number of hydrogen-bond donors (Lipinski definition) is 2. The van der Waals surface area contributed by atoms with Crippen LogP contribution in [0.3, 0.4) is 0 Å². The van der Waals surface area contributed by atoms with Crippen molar-refractivity contribution in [2.24, 2.45) is 0 Å². The second-order valence-electron chi connectivity index (χ2n) is 4.66. The molecule has 1 aliphatic heterocycles. The third-order valence-corrected chi connectivity index (χ3v) is 3.30. The first-order valence-electron chi connectivity index (χ1n) is 6.25. The molecule has 6 heteroatoms. The van der Waals surface area contributed by atoms with Gasteiger partial charge in [-0.15, -0.1) is 0 Å². The fourth-order valence-electron chi connectivity index (χ4n) is 2.29. The molecule has 6 nitrogen and oxygen atoms in total. The van der Waals surface area contributed by atoms with Gasteiger partial charge in [0.1, 0.15) is 5.82 Å². The number of nitrogens with zero attached hydrogens (tertiary/aromatic N) is 2. The van der Waals surface area contributed by atoms with E-state index < -0.39 is 4.92 Å². The number of nitrogens with one attached hydrogen (secondary N) is 2. The molecular formula is C13H14N4O2. The zero-order valence-corrected chi connectivity index (χ0v) is 10.3. The van der Waals surface area contributed by atoms with Crippen LogP contribution in [0.25, 0.3) is 10.9 Å². The van der Waals surface area contributed by atoms with E-state index in [-0.39, 0.29) is 5.69 Å². The van der Waals surface area contributed by atoms with Gasteiger partial charge in [0.15, 0.2) is 0 Å². The molecule has 0 saturated carbocycles. The van der Waals surface area contributed by atoms with Gasteiger partial charge in [-0.05, 0) is 31.2 Å². The van der Waals surface area contributed by atoms with Crippen LogP contribution >= 0.6 is 0 Å². The van der Waals surface area contributed by atoms with E-state index in [1.165, 1.54) is 6.07 Å². The maximum Gasteiger partial charge on any atom is 0.270 e. The van der Waals surface area contributed by atoms with Crippen LogP contribution < -0.4 is 10.6 Å². The van der Waals surface area contributed by atoms with Gasteiger partial charge in [0, 0.05) is 30.1 Å². The van der Waals surface area contributed by atoms with Gasteiger partial charge < -0.3 is 10.6 Å². The molecule has 1 atom stereocenters. The molecule has 1 aromatic carbocycles. The molecule has 0 spiro atoms. The topological polar surface area (TPSA) is 80.1 Å². The van der Waals surface area contributed by atoms with Gasteiger partial charge in [-0.3, -0.25) is 10.1 Å². The van der Waals surface area contributed by atoms with Crippen molar-refractivity contribution in [3.05, 3.63) is 40.4 Å². The average Bonchev–Trinajstić information content (AvgIpc) is 2.91. The number of benzene rings is 1. The van der Waals surface area contributed by atoms with Crippen molar-refractivity contribution >= 4 is 22.4 Å². The summed E-state index contributed by atoms with van der Waals surface area (Å²) in [6, 6.07) is 8.85. The lowest BCUT2D eigenvalue weighted by molar-refractivity contribution is -0.384. The van der Waals surface area contributed by atoms with Gasteiger partial charge in [-0.2, -0.15) is 0 Å². The molecule has 1 aromatic heterocycles. The lowest BCUT2D eigenvalue weighted by Crippen LogP contribution is -2.22. The molecule has 0 bridgehead atoms. The Morgan fingerprint density at radius 2 is 2.26 bits per heavy atom. The molecule has 0 radical (unpaired) electrons. The summed E-state index contributed by atoms with van der Waals surface area (Å²) in [6.07, 6.45) is 1.08. The van der Waals surface area contributed by atoms with E-state index in [0.717, 1.165) is 36.2 Å². The predicted molar refractivity (Wildman–Crippen MR) is 73.3 cm³/mol. The average molecular weight is 258 g/mol. The summed E-state index contributed by atoms with van der Waals surface area (Å²) in [5.41, 5.74) is 0.858. The summed E-state index contributed by atoms with van der Waals surface area (Å²) in [4.78, 5) is 14.8. The van der Waals surface area contributed by atoms with Gasteiger partial charge in [0.25, 0.3) is 5.69 Å². The number of nitro benzene ring substituents is 1. The van der Waals surface area contributed by atoms with Crippen molar-refractivity contribution in [2.75, 3.05) is 18.4 Å². The van der Waals surface area contributed by atoms with E-state index in [1.54, 1.807) is 12.1 Å². The van der Waals surface area contributed by atoms with Crippen molar-refractivity contribution in [2.45, 2.75) is 12.5 Å². The fraction of sp³-hybridized carbons (Fsp3) is 0.308. The highest BCUT2D eigenvalue weighted by Crippen LogP contribution is 2.21. The third-order valence-electron chi connectivity index (χ3n) is 3.30. The SMILES string of the molecule is O=[N+]([O-])c1ccc2nc(NC3CCNC3)ccc2c1. The molecule has 19 heavy (non-hydrogen) atoms. The maximum atomic E-state index is 10.7. The van der Waals surface area contributed by atoms with Crippen molar-refractivity contribution in [1.82, 2.24) is 10.3 Å². The van der Waals surface area contributed by atoms with Gasteiger partial charge >= 0.3 is 0 Å². The van der Waals surface area contributed by atoms with Crippen molar-refractivity contribution in [3.8, 4) is 0 Å². The molecule has 0 amide bonds. The van der Waals surface area contributed by atoms with Crippen LogP contribution in [0.2, 0.25) is 0 Å². The Balaban J connectivity index is 1.88. The number of hydrogen-bond acceptors (Lipinski definition) is 5. The highest BCUT2D eigenvalue weighted by molar-refractivity contribution is 5.82. The number of anilines is 1. The lowest BCUT2D eigenvalue weighted by Gasteiger charge is -2.12. The van der Waals surface area contributed by atoms with E-state index in [1.807, 2.05) is 12.1 Å². The summed E-state index contributed by atoms with van der Waals surface area (Å²) in [5.74, 6) is 0.815. The molecular weight excluding hydrogens is 244 g/mol. The Morgan fingerprint density at radius 1 is 1.37 bits per heavy atom. The van der Waals surface area contributed by atoms with Gasteiger partial charge in [-0.1, -0.05) is 0 Å². The van der Waals surface area contributed by atoms with Crippen LogP contribution in [0, 0.1) is 10.1 Å². The van der Waals surface area contributed by atoms with Crippen LogP contribution in [0.1, 0.15) is 6.42 Å². The van der Waals surface area contributed by atoms with E-state index in [2.05, 4.69) is 15.6 Å². The summed E-state index contributed by atoms with van der Waals surface area (Å²) in [6.45, 7) is 1.97. The summed E-state index contributed by atoms with van der Waals surface area (Å²) in [5, 5.41) is 18.1. The monoisotopic (exact) mass is 258 g/mol.